The Labute approximate surface area is 166 Å². The van der Waals surface area contributed by atoms with Crippen LogP contribution in [0.1, 0.15) is 31.7 Å². The topological polar surface area (TPSA) is 69.0 Å². The smallest absolute Gasteiger partial charge is 0.262 e. The van der Waals surface area contributed by atoms with Crippen LogP contribution in [0.5, 0.6) is 5.75 Å². The normalized spacial score (nSPS) is 11.8. The van der Waals surface area contributed by atoms with Crippen molar-refractivity contribution in [1.29, 1.82) is 0 Å². The van der Waals surface area contributed by atoms with E-state index in [0.717, 1.165) is 16.6 Å². The molecule has 1 amide bonds. The van der Waals surface area contributed by atoms with Crippen molar-refractivity contribution >= 4 is 27.5 Å². The molecule has 0 bridgehead atoms. The molecule has 0 fully saturated rings. The Hall–Kier alpha value is -2.67. The number of benzene rings is 2. The van der Waals surface area contributed by atoms with Crippen molar-refractivity contribution in [3.05, 3.63) is 65.2 Å². The molecule has 0 aliphatic carbocycles. The van der Waals surface area contributed by atoms with Crippen LogP contribution in [0.2, 0.25) is 0 Å². The number of nitrogens with zero attached hydrogens (tertiary/aromatic N) is 3. The first kappa shape index (κ1) is 19.1. The molecule has 0 spiro atoms. The van der Waals surface area contributed by atoms with Gasteiger partial charge in [0.25, 0.3) is 5.91 Å². The monoisotopic (exact) mass is 428 g/mol. The molecule has 1 aromatic heterocycles. The maximum absolute atomic E-state index is 12.2. The van der Waals surface area contributed by atoms with Crippen LogP contribution in [-0.2, 0) is 4.79 Å². The van der Waals surface area contributed by atoms with Crippen molar-refractivity contribution in [1.82, 2.24) is 14.8 Å². The van der Waals surface area contributed by atoms with Crippen molar-refractivity contribution in [2.24, 2.45) is 0 Å². The van der Waals surface area contributed by atoms with E-state index >= 15 is 0 Å². The van der Waals surface area contributed by atoms with Gasteiger partial charge in [-0.2, -0.15) is 0 Å². The Kier molecular flexibility index (Phi) is 6.24. The van der Waals surface area contributed by atoms with Gasteiger partial charge in [-0.1, -0.05) is 41.9 Å². The minimum atomic E-state index is -0.228. The maximum Gasteiger partial charge on any atom is 0.262 e. The molecule has 27 heavy (non-hydrogen) atoms. The number of rotatable bonds is 7. The predicted molar refractivity (Wildman–Crippen MR) is 108 cm³/mol. The lowest BCUT2D eigenvalue weighted by molar-refractivity contribution is -0.118. The molecule has 0 saturated heterocycles. The molecular formula is C20H21BrN4O2. The fraction of sp³-hybridized carbons (Fsp3) is 0.250. The van der Waals surface area contributed by atoms with Crippen molar-refractivity contribution in [3.8, 4) is 11.4 Å². The number of carbonyl (C=O) groups excluding carboxylic acids is 1. The molecule has 140 valence electrons. The molecule has 1 N–H and O–H groups in total. The van der Waals surface area contributed by atoms with E-state index in [1.165, 1.54) is 5.56 Å². The second-order valence-electron chi connectivity index (χ2n) is 6.25. The van der Waals surface area contributed by atoms with Gasteiger partial charge in [0.1, 0.15) is 18.4 Å². The summed E-state index contributed by atoms with van der Waals surface area (Å²) >= 11 is 3.39. The van der Waals surface area contributed by atoms with E-state index in [-0.39, 0.29) is 12.5 Å². The zero-order chi connectivity index (χ0) is 19.2. The highest BCUT2D eigenvalue weighted by atomic mass is 79.9. The van der Waals surface area contributed by atoms with Crippen LogP contribution in [0.15, 0.2) is 59.6 Å². The third-order valence-corrected chi connectivity index (χ3v) is 4.82. The molecule has 0 aliphatic heterocycles. The fourth-order valence-electron chi connectivity index (χ4n) is 2.63. The summed E-state index contributed by atoms with van der Waals surface area (Å²) in [6.07, 6.45) is 4.27. The third-order valence-electron chi connectivity index (χ3n) is 4.33. The molecule has 2 aromatic carbocycles. The van der Waals surface area contributed by atoms with Crippen LogP contribution in [0, 0.1) is 0 Å². The minimum Gasteiger partial charge on any atom is -0.482 e. The number of nitrogens with one attached hydrogen (secondary N) is 1. The van der Waals surface area contributed by atoms with Crippen LogP contribution < -0.4 is 10.1 Å². The first-order valence-corrected chi connectivity index (χ1v) is 9.53. The molecule has 0 radical (unpaired) electrons. The zero-order valence-corrected chi connectivity index (χ0v) is 16.8. The molecule has 1 heterocycles. The van der Waals surface area contributed by atoms with E-state index in [0.29, 0.717) is 17.4 Å². The molecule has 1 atom stereocenters. The number of carbonyl (C=O) groups is 1. The van der Waals surface area contributed by atoms with Crippen LogP contribution in [0.25, 0.3) is 5.69 Å². The molecule has 0 unspecified atom stereocenters. The number of hydrogen-bond donors (Lipinski definition) is 1. The Morgan fingerprint density at radius 2 is 2.00 bits per heavy atom. The van der Waals surface area contributed by atoms with Crippen molar-refractivity contribution < 1.29 is 9.53 Å². The lowest BCUT2D eigenvalue weighted by Gasteiger charge is -2.16. The van der Waals surface area contributed by atoms with Crippen LogP contribution in [-0.4, -0.2) is 27.3 Å². The third kappa shape index (κ3) is 4.95. The summed E-state index contributed by atoms with van der Waals surface area (Å²) in [6, 6.07) is 13.4. The quantitative estimate of drug-likeness (QED) is 0.598. The number of aromatic nitrogens is 3. The Morgan fingerprint density at radius 3 is 2.70 bits per heavy atom. The lowest BCUT2D eigenvalue weighted by atomic mass is 9.98. The van der Waals surface area contributed by atoms with Gasteiger partial charge in [0.2, 0.25) is 0 Å². The average molecular weight is 429 g/mol. The highest BCUT2D eigenvalue weighted by molar-refractivity contribution is 9.10. The van der Waals surface area contributed by atoms with Gasteiger partial charge in [-0.3, -0.25) is 9.36 Å². The van der Waals surface area contributed by atoms with Gasteiger partial charge in [0, 0.05) is 10.2 Å². The van der Waals surface area contributed by atoms with E-state index < -0.39 is 0 Å². The van der Waals surface area contributed by atoms with Crippen molar-refractivity contribution in [2.75, 3.05) is 11.9 Å². The van der Waals surface area contributed by atoms with Crippen LogP contribution in [0.4, 0.5) is 5.69 Å². The second-order valence-corrected chi connectivity index (χ2v) is 7.17. The number of anilines is 1. The summed E-state index contributed by atoms with van der Waals surface area (Å²) in [7, 11) is 0. The molecule has 3 aromatic rings. The van der Waals surface area contributed by atoms with Gasteiger partial charge >= 0.3 is 0 Å². The summed E-state index contributed by atoms with van der Waals surface area (Å²) < 4.78 is 8.48. The average Bonchev–Trinajstić information content (AvgIpc) is 3.20. The van der Waals surface area contributed by atoms with Crippen LogP contribution >= 0.6 is 15.9 Å². The number of halogens is 1. The highest BCUT2D eigenvalue weighted by Crippen LogP contribution is 2.28. The standard InChI is InChI=1S/C20H21BrN4O2/c1-3-14(2)15-7-8-19(18(9-15)25-12-22-23-13-25)27-11-20(26)24-17-6-4-5-16(21)10-17/h4-10,12-14H,3,11H2,1-2H3,(H,24,26)/t14-/m1/s1. The Bertz CT molecular complexity index is 912. The van der Waals surface area contributed by atoms with E-state index in [1.807, 2.05) is 36.4 Å². The second kappa shape index (κ2) is 8.81. The highest BCUT2D eigenvalue weighted by Gasteiger charge is 2.13. The van der Waals surface area contributed by atoms with Gasteiger partial charge < -0.3 is 10.1 Å². The molecule has 7 heteroatoms. The number of amides is 1. The fourth-order valence-corrected chi connectivity index (χ4v) is 3.03. The van der Waals surface area contributed by atoms with E-state index in [9.17, 15) is 4.79 Å². The lowest BCUT2D eigenvalue weighted by Crippen LogP contribution is -2.20. The Morgan fingerprint density at radius 1 is 1.22 bits per heavy atom. The first-order valence-electron chi connectivity index (χ1n) is 8.74. The summed E-state index contributed by atoms with van der Waals surface area (Å²) in [6.45, 7) is 4.24. The summed E-state index contributed by atoms with van der Waals surface area (Å²) in [5, 5.41) is 10.6. The number of ether oxygens (including phenoxy) is 1. The SMILES string of the molecule is CC[C@@H](C)c1ccc(OCC(=O)Nc2cccc(Br)c2)c(-n2cnnc2)c1. The van der Waals surface area contributed by atoms with Crippen molar-refractivity contribution in [3.63, 3.8) is 0 Å². The van der Waals surface area contributed by atoms with Gasteiger partial charge in [-0.25, -0.2) is 0 Å². The maximum atomic E-state index is 12.2. The molecular weight excluding hydrogens is 408 g/mol. The van der Waals surface area contributed by atoms with E-state index in [2.05, 4.69) is 51.4 Å². The van der Waals surface area contributed by atoms with Crippen LogP contribution in [0.3, 0.4) is 0 Å². The van der Waals surface area contributed by atoms with Gasteiger partial charge in [0.15, 0.2) is 6.61 Å². The summed E-state index contributed by atoms with van der Waals surface area (Å²) in [5.74, 6) is 0.800. The van der Waals surface area contributed by atoms with Gasteiger partial charge in [-0.15, -0.1) is 10.2 Å². The first-order chi connectivity index (χ1) is 13.1. The Balaban J connectivity index is 1.75. The molecule has 0 saturated carbocycles. The summed E-state index contributed by atoms with van der Waals surface area (Å²) in [4.78, 5) is 12.2. The summed E-state index contributed by atoms with van der Waals surface area (Å²) in [5.41, 5.74) is 2.73. The predicted octanol–water partition coefficient (Wildman–Crippen LogP) is 4.56. The van der Waals surface area contributed by atoms with Crippen molar-refractivity contribution in [2.45, 2.75) is 26.2 Å². The van der Waals surface area contributed by atoms with E-state index in [4.69, 9.17) is 4.74 Å². The minimum absolute atomic E-state index is 0.0929. The largest absolute Gasteiger partial charge is 0.482 e. The van der Waals surface area contributed by atoms with E-state index in [1.54, 1.807) is 17.2 Å². The molecule has 3 rings (SSSR count). The van der Waals surface area contributed by atoms with Gasteiger partial charge in [-0.05, 0) is 48.2 Å². The number of hydrogen-bond acceptors (Lipinski definition) is 4. The van der Waals surface area contributed by atoms with Gasteiger partial charge in [0.05, 0.1) is 5.69 Å². The molecule has 6 nitrogen and oxygen atoms in total. The zero-order valence-electron chi connectivity index (χ0n) is 15.2. The molecule has 0 aliphatic rings.